The average Bonchev–Trinajstić information content (AvgIpc) is 2.81. The number of anilines is 1. The van der Waals surface area contributed by atoms with E-state index in [0.717, 1.165) is 48.1 Å². The molecule has 0 amide bonds. The Morgan fingerprint density at radius 3 is 2.34 bits per heavy atom. The van der Waals surface area contributed by atoms with Crippen molar-refractivity contribution in [1.82, 2.24) is 9.97 Å². The topological polar surface area (TPSA) is 112 Å². The van der Waals surface area contributed by atoms with Gasteiger partial charge in [0.1, 0.15) is 17.3 Å². The third kappa shape index (κ3) is 5.70. The van der Waals surface area contributed by atoms with E-state index in [1.54, 1.807) is 6.07 Å². The predicted octanol–water partition coefficient (Wildman–Crippen LogP) is 5.48. The summed E-state index contributed by atoms with van der Waals surface area (Å²) in [7, 11) is -4.00. The molecule has 1 saturated carbocycles. The molecular formula is C27H31N3O4S. The van der Waals surface area contributed by atoms with Gasteiger partial charge in [-0.25, -0.2) is 18.4 Å². The number of benzene rings is 1. The molecule has 0 radical (unpaired) electrons. The molecule has 35 heavy (non-hydrogen) atoms. The molecule has 1 aliphatic rings. The zero-order chi connectivity index (χ0) is 25.2. The van der Waals surface area contributed by atoms with Crippen molar-refractivity contribution in [1.29, 1.82) is 0 Å². The highest BCUT2D eigenvalue weighted by Gasteiger charge is 2.27. The molecule has 1 aromatic carbocycles. The van der Waals surface area contributed by atoms with Gasteiger partial charge in [-0.2, -0.15) is 0 Å². The maximum Gasteiger partial charge on any atom is 0.230 e. The second-order valence-electron chi connectivity index (χ2n) is 9.34. The van der Waals surface area contributed by atoms with Gasteiger partial charge in [0, 0.05) is 11.6 Å². The Labute approximate surface area is 206 Å². The molecule has 184 valence electrons. The number of nitrogens with two attached hydrogens (primary N) is 1. The molecule has 0 atom stereocenters. The molecule has 0 bridgehead atoms. The summed E-state index contributed by atoms with van der Waals surface area (Å²) in [6, 6.07) is 11.8. The van der Waals surface area contributed by atoms with Gasteiger partial charge in [-0.15, -0.1) is 0 Å². The van der Waals surface area contributed by atoms with Crippen LogP contribution in [0.5, 0.6) is 11.6 Å². The summed E-state index contributed by atoms with van der Waals surface area (Å²) in [6.45, 7) is 5.89. The molecule has 0 spiro atoms. The van der Waals surface area contributed by atoms with Crippen molar-refractivity contribution in [2.24, 2.45) is 0 Å². The van der Waals surface area contributed by atoms with Gasteiger partial charge < -0.3 is 10.5 Å². The first-order chi connectivity index (χ1) is 16.6. The zero-order valence-corrected chi connectivity index (χ0v) is 21.2. The minimum absolute atomic E-state index is 0.0753. The van der Waals surface area contributed by atoms with Crippen molar-refractivity contribution in [2.75, 3.05) is 11.5 Å². The van der Waals surface area contributed by atoms with Crippen LogP contribution in [0.3, 0.4) is 0 Å². The van der Waals surface area contributed by atoms with Crippen molar-refractivity contribution >= 4 is 21.4 Å². The molecule has 7 nitrogen and oxygen atoms in total. The number of ether oxygens (including phenoxy) is 1. The van der Waals surface area contributed by atoms with Gasteiger partial charge in [0.25, 0.3) is 0 Å². The predicted molar refractivity (Wildman–Crippen MR) is 136 cm³/mol. The molecule has 0 saturated heterocycles. The standard InChI is InChI=1S/C27H31N3O4S/c1-17-14-18(2)26(19(3)15-17)34-27-21(12-13-22(29-27)20-8-5-4-6-9-20)23(31)16-35(32,33)25-11-7-10-24(28)30-25/h7,10-15,20H,4-6,8-9,16H2,1-3H3,(H2,28,30). The van der Waals surface area contributed by atoms with Crippen LogP contribution in [0.1, 0.15) is 70.8 Å². The van der Waals surface area contributed by atoms with Crippen LogP contribution in [0, 0.1) is 20.8 Å². The van der Waals surface area contributed by atoms with Crippen LogP contribution in [-0.2, 0) is 9.84 Å². The van der Waals surface area contributed by atoms with Gasteiger partial charge in [0.15, 0.2) is 10.8 Å². The summed E-state index contributed by atoms with van der Waals surface area (Å²) in [4.78, 5) is 21.9. The summed E-state index contributed by atoms with van der Waals surface area (Å²) < 4.78 is 32.1. The van der Waals surface area contributed by atoms with E-state index < -0.39 is 21.4 Å². The van der Waals surface area contributed by atoms with Crippen molar-refractivity contribution in [3.05, 3.63) is 70.4 Å². The van der Waals surface area contributed by atoms with Crippen LogP contribution in [-0.4, -0.2) is 29.9 Å². The van der Waals surface area contributed by atoms with Gasteiger partial charge in [-0.3, -0.25) is 4.79 Å². The van der Waals surface area contributed by atoms with E-state index in [4.69, 9.17) is 15.5 Å². The lowest BCUT2D eigenvalue weighted by molar-refractivity contribution is 0.101. The maximum atomic E-state index is 13.3. The first-order valence-electron chi connectivity index (χ1n) is 11.9. The number of aromatic nitrogens is 2. The minimum atomic E-state index is -4.00. The zero-order valence-electron chi connectivity index (χ0n) is 20.4. The number of ketones is 1. The number of hydrogen-bond donors (Lipinski definition) is 1. The number of carbonyl (C=O) groups is 1. The van der Waals surface area contributed by atoms with Crippen molar-refractivity contribution < 1.29 is 17.9 Å². The highest BCUT2D eigenvalue weighted by Crippen LogP contribution is 2.36. The lowest BCUT2D eigenvalue weighted by atomic mass is 9.86. The summed E-state index contributed by atoms with van der Waals surface area (Å²) >= 11 is 0. The van der Waals surface area contributed by atoms with E-state index in [9.17, 15) is 13.2 Å². The lowest BCUT2D eigenvalue weighted by Gasteiger charge is -2.22. The number of Topliss-reactive ketones (excluding diaryl/α,β-unsaturated/α-hetero) is 1. The summed E-state index contributed by atoms with van der Waals surface area (Å²) in [6.07, 6.45) is 5.58. The third-order valence-electron chi connectivity index (χ3n) is 6.39. The van der Waals surface area contributed by atoms with E-state index >= 15 is 0 Å². The molecule has 4 rings (SSSR count). The maximum absolute atomic E-state index is 13.3. The van der Waals surface area contributed by atoms with Crippen LogP contribution in [0.2, 0.25) is 0 Å². The lowest BCUT2D eigenvalue weighted by Crippen LogP contribution is -2.19. The van der Waals surface area contributed by atoms with Crippen molar-refractivity contribution in [3.63, 3.8) is 0 Å². The first kappa shape index (κ1) is 24.9. The van der Waals surface area contributed by atoms with Crippen LogP contribution < -0.4 is 10.5 Å². The number of sulfone groups is 1. The minimum Gasteiger partial charge on any atom is -0.438 e. The molecule has 2 aromatic heterocycles. The van der Waals surface area contributed by atoms with Gasteiger partial charge in [0.05, 0.1) is 5.56 Å². The Kier molecular flexibility index (Phi) is 7.21. The van der Waals surface area contributed by atoms with Gasteiger partial charge >= 0.3 is 0 Å². The quantitative estimate of drug-likeness (QED) is 0.434. The highest BCUT2D eigenvalue weighted by atomic mass is 32.2. The normalized spacial score (nSPS) is 14.6. The smallest absolute Gasteiger partial charge is 0.230 e. The van der Waals surface area contributed by atoms with E-state index in [0.29, 0.717) is 11.7 Å². The first-order valence-corrected chi connectivity index (χ1v) is 13.5. The SMILES string of the molecule is Cc1cc(C)c(Oc2nc(C3CCCCC3)ccc2C(=O)CS(=O)(=O)c2cccc(N)n2)c(C)c1. The molecule has 1 fully saturated rings. The number of hydrogen-bond acceptors (Lipinski definition) is 7. The molecule has 2 heterocycles. The fourth-order valence-electron chi connectivity index (χ4n) is 4.72. The number of aryl methyl sites for hydroxylation is 3. The molecule has 2 N–H and O–H groups in total. The van der Waals surface area contributed by atoms with Crippen LogP contribution in [0.4, 0.5) is 5.82 Å². The molecule has 8 heteroatoms. The molecule has 1 aliphatic carbocycles. The van der Waals surface area contributed by atoms with Crippen molar-refractivity contribution in [3.8, 4) is 11.6 Å². The van der Waals surface area contributed by atoms with Gasteiger partial charge in [-0.1, -0.05) is 43.0 Å². The molecular weight excluding hydrogens is 462 g/mol. The van der Waals surface area contributed by atoms with Crippen LogP contribution >= 0.6 is 0 Å². The summed E-state index contributed by atoms with van der Waals surface area (Å²) in [5.74, 6) is -0.214. The van der Waals surface area contributed by atoms with E-state index in [1.165, 1.54) is 24.6 Å². The Morgan fingerprint density at radius 1 is 1.00 bits per heavy atom. The van der Waals surface area contributed by atoms with E-state index in [2.05, 4.69) is 4.98 Å². The number of nitrogen functional groups attached to an aromatic ring is 1. The fourth-order valence-corrected chi connectivity index (χ4v) is 5.90. The Balaban J connectivity index is 1.72. The Morgan fingerprint density at radius 2 is 1.69 bits per heavy atom. The average molecular weight is 494 g/mol. The molecule has 3 aromatic rings. The summed E-state index contributed by atoms with van der Waals surface area (Å²) in [5, 5.41) is -0.231. The highest BCUT2D eigenvalue weighted by molar-refractivity contribution is 7.92. The van der Waals surface area contributed by atoms with E-state index in [1.807, 2.05) is 39.0 Å². The molecule has 0 aliphatic heterocycles. The number of carbonyl (C=O) groups excluding carboxylic acids is 1. The van der Waals surface area contributed by atoms with Crippen molar-refractivity contribution in [2.45, 2.75) is 63.8 Å². The second-order valence-corrected chi connectivity index (χ2v) is 11.3. The Bertz CT molecular complexity index is 1340. The largest absolute Gasteiger partial charge is 0.438 e. The van der Waals surface area contributed by atoms with Crippen LogP contribution in [0.15, 0.2) is 47.5 Å². The second kappa shape index (κ2) is 10.2. The summed E-state index contributed by atoms with van der Waals surface area (Å²) in [5.41, 5.74) is 9.60. The van der Waals surface area contributed by atoms with Gasteiger partial charge in [-0.05, 0) is 69.0 Å². The number of pyridine rings is 2. The number of rotatable bonds is 7. The van der Waals surface area contributed by atoms with Gasteiger partial charge in [0.2, 0.25) is 15.7 Å². The molecule has 0 unspecified atom stereocenters. The fraction of sp³-hybridized carbons (Fsp3) is 0.370. The van der Waals surface area contributed by atoms with Crippen LogP contribution in [0.25, 0.3) is 0 Å². The third-order valence-corrected chi connectivity index (χ3v) is 7.90. The monoisotopic (exact) mass is 493 g/mol. The Hall–Kier alpha value is -3.26. The number of nitrogens with zero attached hydrogens (tertiary/aromatic N) is 2. The van der Waals surface area contributed by atoms with E-state index in [-0.39, 0.29) is 22.3 Å².